The number of anilines is 1. The molecule has 4 heteroatoms. The van der Waals surface area contributed by atoms with Gasteiger partial charge in [-0.05, 0) is 50.0 Å². The Labute approximate surface area is 107 Å². The van der Waals surface area contributed by atoms with Gasteiger partial charge in [0.15, 0.2) is 0 Å². The van der Waals surface area contributed by atoms with Gasteiger partial charge in [-0.15, -0.1) is 0 Å². The number of aryl methyl sites for hydroxylation is 1. The van der Waals surface area contributed by atoms with E-state index in [1.165, 1.54) is 0 Å². The molecule has 17 heavy (non-hydrogen) atoms. The van der Waals surface area contributed by atoms with Crippen LogP contribution in [0.3, 0.4) is 0 Å². The van der Waals surface area contributed by atoms with Gasteiger partial charge in [0.1, 0.15) is 0 Å². The van der Waals surface area contributed by atoms with Crippen molar-refractivity contribution >= 4 is 23.4 Å². The molecule has 0 aliphatic rings. The molecule has 1 unspecified atom stereocenters. The van der Waals surface area contributed by atoms with Crippen molar-refractivity contribution in [3.8, 4) is 0 Å². The molecule has 0 spiro atoms. The lowest BCUT2D eigenvalue weighted by atomic mass is 10.1. The first-order valence-corrected chi connectivity index (χ1v) is 7.10. The fraction of sp³-hybridized carbons (Fsp3) is 0.462. The number of rotatable bonds is 5. The van der Waals surface area contributed by atoms with Crippen LogP contribution in [0.15, 0.2) is 18.2 Å². The average Bonchev–Trinajstić information content (AvgIpc) is 2.26. The number of nitrogen functional groups attached to an aromatic ring is 1. The van der Waals surface area contributed by atoms with Crippen molar-refractivity contribution in [2.24, 2.45) is 0 Å². The van der Waals surface area contributed by atoms with Crippen LogP contribution in [0.25, 0.3) is 0 Å². The van der Waals surface area contributed by atoms with Crippen LogP contribution in [0.4, 0.5) is 5.69 Å². The van der Waals surface area contributed by atoms with Crippen molar-refractivity contribution in [3.05, 3.63) is 29.3 Å². The highest BCUT2D eigenvalue weighted by molar-refractivity contribution is 7.98. The van der Waals surface area contributed by atoms with Gasteiger partial charge in [0, 0.05) is 11.7 Å². The molecule has 3 N–H and O–H groups in total. The van der Waals surface area contributed by atoms with E-state index in [0.717, 1.165) is 17.7 Å². The first-order valence-electron chi connectivity index (χ1n) is 5.70. The molecule has 94 valence electrons. The van der Waals surface area contributed by atoms with Crippen LogP contribution in [-0.4, -0.2) is 24.0 Å². The van der Waals surface area contributed by atoms with E-state index in [0.29, 0.717) is 11.3 Å². The summed E-state index contributed by atoms with van der Waals surface area (Å²) < 4.78 is 0. The van der Waals surface area contributed by atoms with Crippen molar-refractivity contribution in [1.29, 1.82) is 0 Å². The molecular formula is C13H20N2OS. The maximum atomic E-state index is 12.0. The number of benzene rings is 1. The summed E-state index contributed by atoms with van der Waals surface area (Å²) in [6.07, 6.45) is 3.03. The Morgan fingerprint density at radius 1 is 1.53 bits per heavy atom. The summed E-state index contributed by atoms with van der Waals surface area (Å²) in [4.78, 5) is 12.0. The van der Waals surface area contributed by atoms with Crippen LogP contribution in [0.1, 0.15) is 29.3 Å². The highest BCUT2D eigenvalue weighted by Gasteiger charge is 2.12. The molecule has 1 aromatic rings. The number of hydrogen-bond donors (Lipinski definition) is 2. The Hall–Kier alpha value is -1.16. The first kappa shape index (κ1) is 13.9. The number of thioether (sulfide) groups is 1. The zero-order chi connectivity index (χ0) is 12.8. The van der Waals surface area contributed by atoms with Gasteiger partial charge in [0.25, 0.3) is 5.91 Å². The van der Waals surface area contributed by atoms with E-state index in [1.807, 2.05) is 26.0 Å². The van der Waals surface area contributed by atoms with Crippen molar-refractivity contribution in [2.75, 3.05) is 17.7 Å². The molecule has 1 rings (SSSR count). The van der Waals surface area contributed by atoms with Crippen molar-refractivity contribution < 1.29 is 4.79 Å². The van der Waals surface area contributed by atoms with Gasteiger partial charge >= 0.3 is 0 Å². The third kappa shape index (κ3) is 4.30. The Morgan fingerprint density at radius 2 is 2.24 bits per heavy atom. The Kier molecular flexibility index (Phi) is 5.35. The van der Waals surface area contributed by atoms with E-state index in [4.69, 9.17) is 5.73 Å². The van der Waals surface area contributed by atoms with E-state index >= 15 is 0 Å². The molecule has 1 atom stereocenters. The van der Waals surface area contributed by atoms with Crippen LogP contribution >= 0.6 is 11.8 Å². The third-order valence-electron chi connectivity index (χ3n) is 2.58. The van der Waals surface area contributed by atoms with Crippen LogP contribution in [0.2, 0.25) is 0 Å². The van der Waals surface area contributed by atoms with E-state index in [1.54, 1.807) is 17.8 Å². The number of amides is 1. The van der Waals surface area contributed by atoms with Gasteiger partial charge in [-0.25, -0.2) is 0 Å². The topological polar surface area (TPSA) is 55.1 Å². The Morgan fingerprint density at radius 3 is 2.82 bits per heavy atom. The fourth-order valence-corrected chi connectivity index (χ4v) is 2.15. The molecule has 0 aliphatic heterocycles. The molecule has 0 saturated heterocycles. The minimum atomic E-state index is -0.0869. The Balaban J connectivity index is 2.63. The molecule has 1 amide bonds. The third-order valence-corrected chi connectivity index (χ3v) is 3.23. The van der Waals surface area contributed by atoms with Crippen molar-refractivity contribution in [3.63, 3.8) is 0 Å². The molecule has 0 saturated carbocycles. The van der Waals surface area contributed by atoms with Gasteiger partial charge < -0.3 is 11.1 Å². The lowest BCUT2D eigenvalue weighted by Crippen LogP contribution is -2.33. The normalized spacial score (nSPS) is 12.2. The van der Waals surface area contributed by atoms with Crippen molar-refractivity contribution in [2.45, 2.75) is 26.3 Å². The van der Waals surface area contributed by atoms with Gasteiger partial charge in [-0.3, -0.25) is 4.79 Å². The lowest BCUT2D eigenvalue weighted by Gasteiger charge is -2.14. The predicted molar refractivity (Wildman–Crippen MR) is 75.5 cm³/mol. The van der Waals surface area contributed by atoms with Crippen LogP contribution in [-0.2, 0) is 0 Å². The zero-order valence-corrected chi connectivity index (χ0v) is 11.4. The van der Waals surface area contributed by atoms with Crippen LogP contribution in [0.5, 0.6) is 0 Å². The second-order valence-electron chi connectivity index (χ2n) is 4.25. The number of carbonyl (C=O) groups is 1. The predicted octanol–water partition coefficient (Wildman–Crippen LogP) is 2.45. The minimum Gasteiger partial charge on any atom is -0.398 e. The minimum absolute atomic E-state index is 0.0869. The highest BCUT2D eigenvalue weighted by atomic mass is 32.2. The Bertz CT molecular complexity index is 393. The number of nitrogens with two attached hydrogens (primary N) is 1. The fourth-order valence-electron chi connectivity index (χ4n) is 1.56. The van der Waals surface area contributed by atoms with Crippen LogP contribution in [0, 0.1) is 6.92 Å². The summed E-state index contributed by atoms with van der Waals surface area (Å²) in [6, 6.07) is 5.68. The van der Waals surface area contributed by atoms with Crippen molar-refractivity contribution in [1.82, 2.24) is 5.32 Å². The van der Waals surface area contributed by atoms with Gasteiger partial charge in [-0.2, -0.15) is 11.8 Å². The SMILES string of the molecule is CSCCC(C)NC(=O)c1ccc(C)cc1N. The average molecular weight is 252 g/mol. The summed E-state index contributed by atoms with van der Waals surface area (Å²) in [6.45, 7) is 3.97. The monoisotopic (exact) mass is 252 g/mol. The quantitative estimate of drug-likeness (QED) is 0.791. The first-order chi connectivity index (χ1) is 8.04. The molecule has 0 aliphatic carbocycles. The molecule has 3 nitrogen and oxygen atoms in total. The second kappa shape index (κ2) is 6.55. The summed E-state index contributed by atoms with van der Waals surface area (Å²) >= 11 is 1.78. The van der Waals surface area contributed by atoms with Gasteiger partial charge in [-0.1, -0.05) is 6.07 Å². The highest BCUT2D eigenvalue weighted by Crippen LogP contribution is 2.14. The smallest absolute Gasteiger partial charge is 0.253 e. The van der Waals surface area contributed by atoms with E-state index in [9.17, 15) is 4.79 Å². The van der Waals surface area contributed by atoms with Crippen LogP contribution < -0.4 is 11.1 Å². The van der Waals surface area contributed by atoms with E-state index in [-0.39, 0.29) is 11.9 Å². The van der Waals surface area contributed by atoms with E-state index in [2.05, 4.69) is 11.6 Å². The number of carbonyl (C=O) groups excluding carboxylic acids is 1. The molecule has 0 aromatic heterocycles. The molecule has 0 bridgehead atoms. The maximum absolute atomic E-state index is 12.0. The van der Waals surface area contributed by atoms with Gasteiger partial charge in [0.05, 0.1) is 5.56 Å². The number of hydrogen-bond acceptors (Lipinski definition) is 3. The molecule has 0 heterocycles. The molecule has 0 radical (unpaired) electrons. The van der Waals surface area contributed by atoms with E-state index < -0.39 is 0 Å². The zero-order valence-electron chi connectivity index (χ0n) is 10.6. The standard InChI is InChI=1S/C13H20N2OS/c1-9-4-5-11(12(14)8-9)13(16)15-10(2)6-7-17-3/h4-5,8,10H,6-7,14H2,1-3H3,(H,15,16). The summed E-state index contributed by atoms with van der Waals surface area (Å²) in [5.74, 6) is 0.960. The molecular weight excluding hydrogens is 232 g/mol. The molecule has 0 fully saturated rings. The summed E-state index contributed by atoms with van der Waals surface area (Å²) in [5, 5.41) is 2.96. The molecule has 1 aromatic carbocycles. The second-order valence-corrected chi connectivity index (χ2v) is 5.23. The largest absolute Gasteiger partial charge is 0.398 e. The lowest BCUT2D eigenvalue weighted by molar-refractivity contribution is 0.0940. The van der Waals surface area contributed by atoms with Gasteiger partial charge in [0.2, 0.25) is 0 Å². The number of nitrogens with one attached hydrogen (secondary N) is 1. The maximum Gasteiger partial charge on any atom is 0.253 e. The summed E-state index contributed by atoms with van der Waals surface area (Å²) in [5.41, 5.74) is 8.00. The summed E-state index contributed by atoms with van der Waals surface area (Å²) in [7, 11) is 0.